The quantitative estimate of drug-likeness (QED) is 0.783. The minimum absolute atomic E-state index is 0.201. The van der Waals surface area contributed by atoms with E-state index in [1.54, 1.807) is 37.3 Å². The molecule has 3 aromatic rings. The highest BCUT2D eigenvalue weighted by atomic mass is 35.5. The van der Waals surface area contributed by atoms with E-state index in [0.717, 1.165) is 9.56 Å². The molecule has 23 heavy (non-hydrogen) atoms. The van der Waals surface area contributed by atoms with E-state index in [0.29, 0.717) is 10.7 Å². The number of rotatable bonds is 4. The smallest absolute Gasteiger partial charge is 0.387 e. The number of amides is 1. The van der Waals surface area contributed by atoms with Crippen molar-refractivity contribution in [2.45, 2.75) is 13.0 Å². The summed E-state index contributed by atoms with van der Waals surface area (Å²) in [6.45, 7) is 1.57. The van der Waals surface area contributed by atoms with Crippen molar-refractivity contribution in [3.63, 3.8) is 0 Å². The average Bonchev–Trinajstić information content (AvgIpc) is 3.15. The molecule has 1 aromatic carbocycles. The van der Waals surface area contributed by atoms with Crippen LogP contribution in [0.3, 0.4) is 0 Å². The van der Waals surface area contributed by atoms with Crippen LogP contribution in [0.2, 0.25) is 5.02 Å². The molecule has 0 saturated heterocycles. The number of anilines is 1. The van der Waals surface area contributed by atoms with Crippen molar-refractivity contribution in [2.24, 2.45) is 0 Å². The molecule has 2 heterocycles. The number of carbonyl (C=O) groups excluding carboxylic acids is 1. The molecule has 0 unspecified atom stereocenters. The summed E-state index contributed by atoms with van der Waals surface area (Å²) in [6.07, 6.45) is 0. The van der Waals surface area contributed by atoms with E-state index < -0.39 is 11.8 Å². The fraction of sp³-hybridized carbons (Fsp3) is 0.133. The first kappa shape index (κ1) is 15.5. The molecule has 8 heteroatoms. The first-order chi connectivity index (χ1) is 11.0. The zero-order valence-electron chi connectivity index (χ0n) is 12.0. The van der Waals surface area contributed by atoms with Gasteiger partial charge in [-0.1, -0.05) is 23.7 Å². The number of nitrogens with one attached hydrogen (secondary N) is 1. The number of hydrogen-bond donors (Lipinski definition) is 1. The third-order valence-corrected chi connectivity index (χ3v) is 4.23. The minimum Gasteiger partial charge on any atom is -0.387 e. The lowest BCUT2D eigenvalue weighted by molar-refractivity contribution is -0.119. The van der Waals surface area contributed by atoms with E-state index in [1.807, 2.05) is 11.4 Å². The molecule has 118 valence electrons. The van der Waals surface area contributed by atoms with Gasteiger partial charge in [-0.15, -0.1) is 16.4 Å². The molecule has 1 atom stereocenters. The van der Waals surface area contributed by atoms with Crippen LogP contribution in [0.15, 0.2) is 51.0 Å². The molecule has 1 amide bonds. The second-order valence-corrected chi connectivity index (χ2v) is 6.15. The number of halogens is 1. The van der Waals surface area contributed by atoms with Gasteiger partial charge in [0, 0.05) is 10.7 Å². The number of aromatic nitrogens is 2. The molecule has 0 bridgehead atoms. The number of thiophene rings is 1. The second kappa shape index (κ2) is 6.39. The van der Waals surface area contributed by atoms with Crippen LogP contribution in [0.4, 0.5) is 5.69 Å². The normalized spacial score (nSPS) is 12.1. The van der Waals surface area contributed by atoms with Crippen molar-refractivity contribution >= 4 is 34.5 Å². The molecule has 1 N–H and O–H groups in total. The first-order valence-electron chi connectivity index (χ1n) is 6.74. The fourth-order valence-corrected chi connectivity index (χ4v) is 2.79. The average molecular weight is 350 g/mol. The Bertz CT molecular complexity index is 886. The number of benzene rings is 1. The maximum Gasteiger partial charge on any atom is 0.438 e. The Labute approximate surface area is 140 Å². The lowest BCUT2D eigenvalue weighted by atomic mass is 10.3. The van der Waals surface area contributed by atoms with Gasteiger partial charge in [0.05, 0.1) is 4.88 Å². The summed E-state index contributed by atoms with van der Waals surface area (Å²) >= 11 is 7.28. The van der Waals surface area contributed by atoms with E-state index in [2.05, 4.69) is 10.4 Å². The van der Waals surface area contributed by atoms with Crippen LogP contribution in [-0.4, -0.2) is 15.7 Å². The van der Waals surface area contributed by atoms with Crippen molar-refractivity contribution in [3.8, 4) is 10.8 Å². The van der Waals surface area contributed by atoms with Gasteiger partial charge in [0.1, 0.15) is 6.04 Å². The molecule has 0 saturated carbocycles. The third kappa shape index (κ3) is 3.35. The van der Waals surface area contributed by atoms with E-state index >= 15 is 0 Å². The summed E-state index contributed by atoms with van der Waals surface area (Å²) in [5.41, 5.74) is 0.546. The van der Waals surface area contributed by atoms with E-state index in [-0.39, 0.29) is 11.8 Å². The highest BCUT2D eigenvalue weighted by Crippen LogP contribution is 2.22. The predicted molar refractivity (Wildman–Crippen MR) is 88.9 cm³/mol. The number of nitrogens with zero attached hydrogens (tertiary/aromatic N) is 2. The molecule has 0 fully saturated rings. The number of carbonyl (C=O) groups is 1. The molecular formula is C15H12ClN3O3S. The van der Waals surface area contributed by atoms with Crippen molar-refractivity contribution in [2.75, 3.05) is 5.32 Å². The van der Waals surface area contributed by atoms with Crippen LogP contribution in [0.1, 0.15) is 13.0 Å². The molecule has 0 aliphatic rings. The van der Waals surface area contributed by atoms with E-state index in [9.17, 15) is 9.59 Å². The van der Waals surface area contributed by atoms with E-state index in [4.69, 9.17) is 16.0 Å². The second-order valence-electron chi connectivity index (χ2n) is 4.77. The van der Waals surface area contributed by atoms with Crippen LogP contribution in [0.5, 0.6) is 0 Å². The molecule has 2 aromatic heterocycles. The van der Waals surface area contributed by atoms with Gasteiger partial charge in [-0.05, 0) is 36.6 Å². The fourth-order valence-electron chi connectivity index (χ4n) is 1.96. The molecule has 0 radical (unpaired) electrons. The molecule has 0 aliphatic heterocycles. The maximum atomic E-state index is 12.3. The van der Waals surface area contributed by atoms with Crippen molar-refractivity contribution in [1.29, 1.82) is 0 Å². The largest absolute Gasteiger partial charge is 0.438 e. The molecule has 6 nitrogen and oxygen atoms in total. The van der Waals surface area contributed by atoms with Gasteiger partial charge in [-0.3, -0.25) is 4.79 Å². The van der Waals surface area contributed by atoms with Gasteiger partial charge < -0.3 is 9.73 Å². The molecule has 0 aliphatic carbocycles. The first-order valence-corrected chi connectivity index (χ1v) is 8.00. The van der Waals surface area contributed by atoms with Crippen LogP contribution in [0.25, 0.3) is 10.8 Å². The zero-order chi connectivity index (χ0) is 16.4. The standard InChI is InChI=1S/C15H12ClN3O3S/c1-9(13(20)17-11-5-2-4-10(16)8-11)19-15(21)22-14(18-19)12-6-3-7-23-12/h2-9H,1H3,(H,17,20)/t9-/m1/s1. The molecule has 0 spiro atoms. The summed E-state index contributed by atoms with van der Waals surface area (Å²) in [4.78, 5) is 24.9. The van der Waals surface area contributed by atoms with Gasteiger partial charge in [0.15, 0.2) is 0 Å². The summed E-state index contributed by atoms with van der Waals surface area (Å²) in [7, 11) is 0. The van der Waals surface area contributed by atoms with Crippen LogP contribution < -0.4 is 11.1 Å². The Balaban J connectivity index is 1.81. The Morgan fingerprint density at radius 1 is 1.39 bits per heavy atom. The minimum atomic E-state index is -0.820. The summed E-state index contributed by atoms with van der Waals surface area (Å²) < 4.78 is 6.13. The monoisotopic (exact) mass is 349 g/mol. The Morgan fingerprint density at radius 3 is 2.91 bits per heavy atom. The number of hydrogen-bond acceptors (Lipinski definition) is 5. The Kier molecular flexibility index (Phi) is 4.31. The maximum absolute atomic E-state index is 12.3. The third-order valence-electron chi connectivity index (χ3n) is 3.14. The van der Waals surface area contributed by atoms with Crippen LogP contribution >= 0.6 is 22.9 Å². The van der Waals surface area contributed by atoms with Crippen molar-refractivity contribution in [1.82, 2.24) is 9.78 Å². The molecule has 3 rings (SSSR count). The SMILES string of the molecule is C[C@H](C(=O)Nc1cccc(Cl)c1)n1nc(-c2cccs2)oc1=O. The summed E-state index contributed by atoms with van der Waals surface area (Å²) in [5.74, 6) is -0.866. The topological polar surface area (TPSA) is 77.1 Å². The summed E-state index contributed by atoms with van der Waals surface area (Å²) in [6, 6.07) is 9.55. The Morgan fingerprint density at radius 2 is 2.22 bits per heavy atom. The van der Waals surface area contributed by atoms with Crippen molar-refractivity contribution in [3.05, 3.63) is 57.4 Å². The van der Waals surface area contributed by atoms with Gasteiger partial charge in [-0.25, -0.2) is 4.79 Å². The zero-order valence-corrected chi connectivity index (χ0v) is 13.6. The highest BCUT2D eigenvalue weighted by molar-refractivity contribution is 7.13. The Hall–Kier alpha value is -2.38. The van der Waals surface area contributed by atoms with Gasteiger partial charge in [0.2, 0.25) is 5.91 Å². The van der Waals surface area contributed by atoms with Gasteiger partial charge in [-0.2, -0.15) is 4.68 Å². The molecular weight excluding hydrogens is 338 g/mol. The van der Waals surface area contributed by atoms with Gasteiger partial charge in [0.25, 0.3) is 5.89 Å². The summed E-state index contributed by atoms with van der Waals surface area (Å²) in [5, 5.41) is 9.14. The predicted octanol–water partition coefficient (Wildman–Crippen LogP) is 3.42. The van der Waals surface area contributed by atoms with Gasteiger partial charge >= 0.3 is 5.76 Å². The lowest BCUT2D eigenvalue weighted by Crippen LogP contribution is -2.30. The van der Waals surface area contributed by atoms with Crippen molar-refractivity contribution < 1.29 is 9.21 Å². The highest BCUT2D eigenvalue weighted by Gasteiger charge is 2.22. The lowest BCUT2D eigenvalue weighted by Gasteiger charge is -2.11. The van der Waals surface area contributed by atoms with Crippen LogP contribution in [-0.2, 0) is 4.79 Å². The van der Waals surface area contributed by atoms with E-state index in [1.165, 1.54) is 11.3 Å². The van der Waals surface area contributed by atoms with Crippen LogP contribution in [0, 0.1) is 0 Å².